The second-order valence-electron chi connectivity index (χ2n) is 6.72. The number of carbonyl (C=O) groups is 1. The minimum Gasteiger partial charge on any atom is -0.506 e. The van der Waals surface area contributed by atoms with Crippen molar-refractivity contribution >= 4 is 11.6 Å². The molecule has 2 aliphatic rings. The van der Waals surface area contributed by atoms with Gasteiger partial charge in [-0.15, -0.1) is 0 Å². The minimum absolute atomic E-state index is 0.00340. The van der Waals surface area contributed by atoms with Gasteiger partial charge in [-0.25, -0.2) is 0 Å². The van der Waals surface area contributed by atoms with E-state index in [-0.39, 0.29) is 12.7 Å². The van der Waals surface area contributed by atoms with Gasteiger partial charge in [0.05, 0.1) is 12.2 Å². The molecule has 2 N–H and O–H groups in total. The van der Waals surface area contributed by atoms with Crippen LogP contribution in [-0.4, -0.2) is 55.4 Å². The van der Waals surface area contributed by atoms with Crippen molar-refractivity contribution in [1.82, 2.24) is 10.2 Å². The van der Waals surface area contributed by atoms with Crippen LogP contribution in [0.25, 0.3) is 0 Å². The maximum Gasteiger partial charge on any atom is 0.234 e. The molecule has 0 unspecified atom stereocenters. The first-order chi connectivity index (χ1) is 13.2. The molecule has 0 spiro atoms. The molecular weight excluding hydrogens is 346 g/mol. The second kappa shape index (κ2) is 7.75. The van der Waals surface area contributed by atoms with Gasteiger partial charge in [0.1, 0.15) is 5.75 Å². The molecule has 4 rings (SSSR count). The summed E-state index contributed by atoms with van der Waals surface area (Å²) in [6.45, 7) is 4.22. The van der Waals surface area contributed by atoms with Gasteiger partial charge in [0.25, 0.3) is 0 Å². The van der Waals surface area contributed by atoms with Gasteiger partial charge in [-0.2, -0.15) is 0 Å². The van der Waals surface area contributed by atoms with Gasteiger partial charge in [0.15, 0.2) is 11.5 Å². The second-order valence-corrected chi connectivity index (χ2v) is 6.72. The predicted molar refractivity (Wildman–Crippen MR) is 101 cm³/mol. The van der Waals surface area contributed by atoms with Crippen molar-refractivity contribution in [2.45, 2.75) is 6.54 Å². The molecule has 7 nitrogen and oxygen atoms in total. The van der Waals surface area contributed by atoms with Crippen molar-refractivity contribution in [3.8, 4) is 17.2 Å². The fourth-order valence-corrected chi connectivity index (χ4v) is 3.39. The van der Waals surface area contributed by atoms with Crippen molar-refractivity contribution in [2.75, 3.05) is 44.4 Å². The Morgan fingerprint density at radius 3 is 2.63 bits per heavy atom. The van der Waals surface area contributed by atoms with E-state index in [2.05, 4.69) is 15.1 Å². The van der Waals surface area contributed by atoms with E-state index in [0.717, 1.165) is 48.9 Å². The highest BCUT2D eigenvalue weighted by Gasteiger charge is 2.20. The first-order valence-electron chi connectivity index (χ1n) is 9.09. The molecule has 2 aromatic carbocycles. The molecule has 2 aromatic rings. The summed E-state index contributed by atoms with van der Waals surface area (Å²) in [5.41, 5.74) is 1.83. The lowest BCUT2D eigenvalue weighted by Gasteiger charge is -2.35. The maximum atomic E-state index is 12.3. The Kier molecular flexibility index (Phi) is 5.02. The topological polar surface area (TPSA) is 74.3 Å². The van der Waals surface area contributed by atoms with E-state index in [9.17, 15) is 9.90 Å². The van der Waals surface area contributed by atoms with Crippen LogP contribution in [0.1, 0.15) is 5.56 Å². The quantitative estimate of drug-likeness (QED) is 0.833. The zero-order valence-electron chi connectivity index (χ0n) is 15.1. The predicted octanol–water partition coefficient (Wildman–Crippen LogP) is 1.56. The van der Waals surface area contributed by atoms with Gasteiger partial charge >= 0.3 is 0 Å². The third-order valence-electron chi connectivity index (χ3n) is 4.89. The highest BCUT2D eigenvalue weighted by Crippen LogP contribution is 2.32. The SMILES string of the molecule is O=C(CN1CCN(c2ccccc2O)CC1)NCc1ccc2c(c1)OCO2. The lowest BCUT2D eigenvalue weighted by molar-refractivity contribution is -0.122. The Labute approximate surface area is 158 Å². The Morgan fingerprint density at radius 2 is 1.81 bits per heavy atom. The normalized spacial score (nSPS) is 16.4. The number of aromatic hydroxyl groups is 1. The number of ether oxygens (including phenoxy) is 2. The number of piperazine rings is 1. The van der Waals surface area contributed by atoms with Crippen LogP contribution in [-0.2, 0) is 11.3 Å². The maximum absolute atomic E-state index is 12.3. The summed E-state index contributed by atoms with van der Waals surface area (Å²) >= 11 is 0. The summed E-state index contributed by atoms with van der Waals surface area (Å²) in [7, 11) is 0. The van der Waals surface area contributed by atoms with Gasteiger partial charge in [-0.3, -0.25) is 9.69 Å². The van der Waals surface area contributed by atoms with E-state index in [1.54, 1.807) is 6.07 Å². The molecule has 1 amide bonds. The number of hydrogen-bond acceptors (Lipinski definition) is 6. The van der Waals surface area contributed by atoms with E-state index in [1.165, 1.54) is 0 Å². The number of anilines is 1. The van der Waals surface area contributed by atoms with Gasteiger partial charge in [-0.1, -0.05) is 18.2 Å². The summed E-state index contributed by atoms with van der Waals surface area (Å²) in [5.74, 6) is 1.77. The zero-order valence-corrected chi connectivity index (χ0v) is 15.1. The molecule has 2 aliphatic heterocycles. The lowest BCUT2D eigenvalue weighted by Crippen LogP contribution is -2.49. The fraction of sp³-hybridized carbons (Fsp3) is 0.350. The standard InChI is InChI=1S/C20H23N3O4/c24-17-4-2-1-3-16(17)23-9-7-22(8-10-23)13-20(25)21-12-15-5-6-18-19(11-15)27-14-26-18/h1-6,11,24H,7-10,12-14H2,(H,21,25). The number of carbonyl (C=O) groups excluding carboxylic acids is 1. The number of phenols is 1. The van der Waals surface area contributed by atoms with Gasteiger partial charge in [0.2, 0.25) is 12.7 Å². The third kappa shape index (κ3) is 4.09. The first kappa shape index (κ1) is 17.5. The molecule has 142 valence electrons. The molecule has 0 saturated carbocycles. The van der Waals surface area contributed by atoms with E-state index in [0.29, 0.717) is 18.8 Å². The molecular formula is C20H23N3O4. The molecule has 0 bridgehead atoms. The van der Waals surface area contributed by atoms with Crippen molar-refractivity contribution in [2.24, 2.45) is 0 Å². The third-order valence-corrected chi connectivity index (χ3v) is 4.89. The molecule has 1 saturated heterocycles. The Balaban J connectivity index is 1.23. The minimum atomic E-state index is 0.00340. The van der Waals surface area contributed by atoms with Crippen molar-refractivity contribution in [3.05, 3.63) is 48.0 Å². The molecule has 0 radical (unpaired) electrons. The number of amides is 1. The summed E-state index contributed by atoms with van der Waals surface area (Å²) in [6, 6.07) is 13.0. The number of nitrogens with zero attached hydrogens (tertiary/aromatic N) is 2. The van der Waals surface area contributed by atoms with Crippen LogP contribution in [0.4, 0.5) is 5.69 Å². The Bertz CT molecular complexity index is 819. The van der Waals surface area contributed by atoms with Gasteiger partial charge in [0, 0.05) is 32.7 Å². The van der Waals surface area contributed by atoms with E-state index >= 15 is 0 Å². The average molecular weight is 369 g/mol. The largest absolute Gasteiger partial charge is 0.506 e. The lowest BCUT2D eigenvalue weighted by atomic mass is 10.2. The van der Waals surface area contributed by atoms with Crippen LogP contribution < -0.4 is 19.7 Å². The summed E-state index contributed by atoms with van der Waals surface area (Å²) in [5, 5.41) is 12.9. The van der Waals surface area contributed by atoms with Crippen LogP contribution in [0.15, 0.2) is 42.5 Å². The smallest absolute Gasteiger partial charge is 0.234 e. The molecule has 0 aliphatic carbocycles. The number of para-hydroxylation sites is 2. The molecule has 27 heavy (non-hydrogen) atoms. The fourth-order valence-electron chi connectivity index (χ4n) is 3.39. The molecule has 0 aromatic heterocycles. The number of rotatable bonds is 5. The number of benzene rings is 2. The number of phenolic OH excluding ortho intramolecular Hbond substituents is 1. The molecule has 7 heteroatoms. The van der Waals surface area contributed by atoms with Crippen molar-refractivity contribution in [1.29, 1.82) is 0 Å². The van der Waals surface area contributed by atoms with E-state index in [4.69, 9.17) is 9.47 Å². The van der Waals surface area contributed by atoms with Crippen LogP contribution >= 0.6 is 0 Å². The van der Waals surface area contributed by atoms with Gasteiger partial charge < -0.3 is 24.8 Å². The zero-order chi connectivity index (χ0) is 18.6. The number of hydrogen-bond donors (Lipinski definition) is 2. The van der Waals surface area contributed by atoms with Crippen molar-refractivity contribution in [3.63, 3.8) is 0 Å². The van der Waals surface area contributed by atoms with Crippen LogP contribution in [0, 0.1) is 0 Å². The molecule has 1 fully saturated rings. The highest BCUT2D eigenvalue weighted by molar-refractivity contribution is 5.78. The Morgan fingerprint density at radius 1 is 1.04 bits per heavy atom. The summed E-state index contributed by atoms with van der Waals surface area (Å²) < 4.78 is 10.6. The monoisotopic (exact) mass is 369 g/mol. The van der Waals surface area contributed by atoms with E-state index in [1.807, 2.05) is 36.4 Å². The highest BCUT2D eigenvalue weighted by atomic mass is 16.7. The van der Waals surface area contributed by atoms with Crippen LogP contribution in [0.2, 0.25) is 0 Å². The first-order valence-corrected chi connectivity index (χ1v) is 9.09. The van der Waals surface area contributed by atoms with Crippen LogP contribution in [0.3, 0.4) is 0 Å². The van der Waals surface area contributed by atoms with E-state index < -0.39 is 0 Å². The Hall–Kier alpha value is -2.93. The summed E-state index contributed by atoms with van der Waals surface area (Å²) in [4.78, 5) is 16.5. The van der Waals surface area contributed by atoms with Crippen molar-refractivity contribution < 1.29 is 19.4 Å². The molecule has 0 atom stereocenters. The average Bonchev–Trinajstić information content (AvgIpc) is 3.15. The van der Waals surface area contributed by atoms with Gasteiger partial charge in [-0.05, 0) is 29.8 Å². The summed E-state index contributed by atoms with van der Waals surface area (Å²) in [6.07, 6.45) is 0. The number of fused-ring (bicyclic) bond motifs is 1. The molecule has 2 heterocycles. The number of nitrogens with one attached hydrogen (secondary N) is 1. The van der Waals surface area contributed by atoms with Crippen LogP contribution in [0.5, 0.6) is 17.2 Å².